The minimum absolute atomic E-state index is 0.250. The molecule has 1 saturated heterocycles. The average Bonchev–Trinajstić information content (AvgIpc) is 2.90. The van der Waals surface area contributed by atoms with Crippen molar-refractivity contribution in [3.63, 3.8) is 0 Å². The fourth-order valence-electron chi connectivity index (χ4n) is 1.94. The van der Waals surface area contributed by atoms with Crippen LogP contribution in [0.5, 0.6) is 5.75 Å². The fraction of sp³-hybridized carbons (Fsp3) is 0.571. The van der Waals surface area contributed by atoms with E-state index in [0.717, 1.165) is 25.2 Å². The summed E-state index contributed by atoms with van der Waals surface area (Å²) in [6, 6.07) is 8.05. The Labute approximate surface area is 108 Å². The first-order valence-electron chi connectivity index (χ1n) is 6.49. The maximum absolute atomic E-state index is 5.62. The van der Waals surface area contributed by atoms with E-state index in [1.165, 1.54) is 5.56 Å². The summed E-state index contributed by atoms with van der Waals surface area (Å²) >= 11 is 0. The third-order valence-electron chi connectivity index (χ3n) is 2.95. The summed E-state index contributed by atoms with van der Waals surface area (Å²) in [5.74, 6) is 0.877. The van der Waals surface area contributed by atoms with E-state index in [4.69, 9.17) is 19.9 Å². The molecular weight excluding hydrogens is 230 g/mol. The van der Waals surface area contributed by atoms with Gasteiger partial charge in [0.2, 0.25) is 0 Å². The summed E-state index contributed by atoms with van der Waals surface area (Å²) in [4.78, 5) is 0. The lowest BCUT2D eigenvalue weighted by Crippen LogP contribution is -2.17. The van der Waals surface area contributed by atoms with Crippen molar-refractivity contribution >= 4 is 0 Å². The molecule has 1 unspecified atom stereocenters. The minimum atomic E-state index is 0.250. The van der Waals surface area contributed by atoms with Gasteiger partial charge >= 0.3 is 0 Å². The van der Waals surface area contributed by atoms with Crippen LogP contribution in [0.1, 0.15) is 12.0 Å². The molecule has 0 aliphatic carbocycles. The largest absolute Gasteiger partial charge is 0.491 e. The molecule has 2 N–H and O–H groups in total. The first-order chi connectivity index (χ1) is 8.88. The number of benzene rings is 1. The Morgan fingerprint density at radius 2 is 2.06 bits per heavy atom. The molecule has 0 saturated carbocycles. The van der Waals surface area contributed by atoms with Gasteiger partial charge in [-0.1, -0.05) is 12.1 Å². The van der Waals surface area contributed by atoms with Crippen molar-refractivity contribution in [1.82, 2.24) is 0 Å². The standard InChI is InChI=1S/C14H21NO3/c15-7-5-12-1-3-13(4-2-12)17-9-10-18-14-6-8-16-11-14/h1-4,14H,5-11,15H2. The van der Waals surface area contributed by atoms with Gasteiger partial charge in [0.05, 0.1) is 19.3 Å². The normalized spacial score (nSPS) is 19.1. The molecular formula is C14H21NO3. The van der Waals surface area contributed by atoms with Crippen molar-refractivity contribution in [2.75, 3.05) is 33.0 Å². The minimum Gasteiger partial charge on any atom is -0.491 e. The van der Waals surface area contributed by atoms with Gasteiger partial charge in [0, 0.05) is 6.61 Å². The summed E-state index contributed by atoms with van der Waals surface area (Å²) < 4.78 is 16.5. The average molecular weight is 251 g/mol. The summed E-state index contributed by atoms with van der Waals surface area (Å²) in [5, 5.41) is 0. The van der Waals surface area contributed by atoms with Crippen LogP contribution in [-0.4, -0.2) is 39.1 Å². The zero-order chi connectivity index (χ0) is 12.6. The quantitative estimate of drug-likeness (QED) is 0.744. The molecule has 100 valence electrons. The second-order valence-corrected chi connectivity index (χ2v) is 4.39. The first kappa shape index (κ1) is 13.3. The summed E-state index contributed by atoms with van der Waals surface area (Å²) in [6.07, 6.45) is 2.15. The van der Waals surface area contributed by atoms with E-state index >= 15 is 0 Å². The topological polar surface area (TPSA) is 53.7 Å². The molecule has 1 atom stereocenters. The molecule has 1 aromatic carbocycles. The molecule has 1 aliphatic rings. The maximum Gasteiger partial charge on any atom is 0.119 e. The Balaban J connectivity index is 1.63. The van der Waals surface area contributed by atoms with Gasteiger partial charge in [0.1, 0.15) is 12.4 Å². The molecule has 0 radical (unpaired) electrons. The van der Waals surface area contributed by atoms with E-state index in [-0.39, 0.29) is 6.10 Å². The molecule has 18 heavy (non-hydrogen) atoms. The number of hydrogen-bond donors (Lipinski definition) is 1. The summed E-state index contributed by atoms with van der Waals surface area (Å²) in [6.45, 7) is 3.39. The van der Waals surface area contributed by atoms with Gasteiger partial charge in [0.15, 0.2) is 0 Å². The SMILES string of the molecule is NCCc1ccc(OCCOC2CCOC2)cc1. The zero-order valence-corrected chi connectivity index (χ0v) is 10.6. The number of rotatable bonds is 7. The highest BCUT2D eigenvalue weighted by atomic mass is 16.6. The summed E-state index contributed by atoms with van der Waals surface area (Å²) in [7, 11) is 0. The van der Waals surface area contributed by atoms with Gasteiger partial charge in [-0.3, -0.25) is 0 Å². The third kappa shape index (κ3) is 4.29. The van der Waals surface area contributed by atoms with Crippen molar-refractivity contribution in [3.8, 4) is 5.75 Å². The molecule has 1 aliphatic heterocycles. The fourth-order valence-corrected chi connectivity index (χ4v) is 1.94. The Bertz CT molecular complexity index is 333. The van der Waals surface area contributed by atoms with Crippen LogP contribution in [0, 0.1) is 0 Å². The number of ether oxygens (including phenoxy) is 3. The van der Waals surface area contributed by atoms with Crippen LogP contribution in [0.2, 0.25) is 0 Å². The molecule has 0 bridgehead atoms. The van der Waals surface area contributed by atoms with Gasteiger partial charge in [-0.05, 0) is 37.1 Å². The van der Waals surface area contributed by atoms with Crippen LogP contribution in [-0.2, 0) is 15.9 Å². The van der Waals surface area contributed by atoms with E-state index in [2.05, 4.69) is 0 Å². The van der Waals surface area contributed by atoms with Gasteiger partial charge in [0.25, 0.3) is 0 Å². The molecule has 0 aromatic heterocycles. The monoisotopic (exact) mass is 251 g/mol. The van der Waals surface area contributed by atoms with Crippen molar-refractivity contribution in [2.24, 2.45) is 5.73 Å². The van der Waals surface area contributed by atoms with Gasteiger partial charge in [-0.25, -0.2) is 0 Å². The molecule has 4 nitrogen and oxygen atoms in total. The van der Waals surface area contributed by atoms with E-state index in [1.54, 1.807) is 0 Å². The Hall–Kier alpha value is -1.10. The van der Waals surface area contributed by atoms with Crippen molar-refractivity contribution in [2.45, 2.75) is 18.9 Å². The predicted molar refractivity (Wildman–Crippen MR) is 69.9 cm³/mol. The van der Waals surface area contributed by atoms with Crippen LogP contribution in [0.3, 0.4) is 0 Å². The zero-order valence-electron chi connectivity index (χ0n) is 10.6. The molecule has 4 heteroatoms. The lowest BCUT2D eigenvalue weighted by atomic mass is 10.1. The molecule has 0 amide bonds. The highest BCUT2D eigenvalue weighted by Crippen LogP contribution is 2.13. The number of hydrogen-bond acceptors (Lipinski definition) is 4. The van der Waals surface area contributed by atoms with E-state index < -0.39 is 0 Å². The van der Waals surface area contributed by atoms with Crippen LogP contribution < -0.4 is 10.5 Å². The second-order valence-electron chi connectivity index (χ2n) is 4.39. The van der Waals surface area contributed by atoms with Crippen LogP contribution in [0.25, 0.3) is 0 Å². The van der Waals surface area contributed by atoms with Gasteiger partial charge in [-0.15, -0.1) is 0 Å². The molecule has 1 fully saturated rings. The lowest BCUT2D eigenvalue weighted by Gasteiger charge is -2.11. The lowest BCUT2D eigenvalue weighted by molar-refractivity contribution is 0.0265. The van der Waals surface area contributed by atoms with Crippen molar-refractivity contribution in [3.05, 3.63) is 29.8 Å². The maximum atomic E-state index is 5.62. The van der Waals surface area contributed by atoms with E-state index in [1.807, 2.05) is 24.3 Å². The van der Waals surface area contributed by atoms with Crippen molar-refractivity contribution in [1.29, 1.82) is 0 Å². The molecule has 2 rings (SSSR count). The predicted octanol–water partition coefficient (Wildman–Crippen LogP) is 1.37. The van der Waals surface area contributed by atoms with Crippen LogP contribution >= 0.6 is 0 Å². The molecule has 0 spiro atoms. The highest BCUT2D eigenvalue weighted by Gasteiger charge is 2.15. The molecule has 1 aromatic rings. The Morgan fingerprint density at radius 1 is 1.22 bits per heavy atom. The highest BCUT2D eigenvalue weighted by molar-refractivity contribution is 5.27. The van der Waals surface area contributed by atoms with Gasteiger partial charge < -0.3 is 19.9 Å². The van der Waals surface area contributed by atoms with Crippen LogP contribution in [0.15, 0.2) is 24.3 Å². The van der Waals surface area contributed by atoms with Gasteiger partial charge in [-0.2, -0.15) is 0 Å². The van der Waals surface area contributed by atoms with Crippen molar-refractivity contribution < 1.29 is 14.2 Å². The Morgan fingerprint density at radius 3 is 2.72 bits per heavy atom. The molecule has 1 heterocycles. The third-order valence-corrected chi connectivity index (χ3v) is 2.95. The second kappa shape index (κ2) is 7.36. The number of nitrogens with two attached hydrogens (primary N) is 1. The smallest absolute Gasteiger partial charge is 0.119 e. The summed E-state index contributed by atoms with van der Waals surface area (Å²) in [5.41, 5.74) is 6.74. The Kier molecular flexibility index (Phi) is 5.45. The van der Waals surface area contributed by atoms with E-state index in [9.17, 15) is 0 Å². The first-order valence-corrected chi connectivity index (χ1v) is 6.49. The van der Waals surface area contributed by atoms with Crippen LogP contribution in [0.4, 0.5) is 0 Å². The van der Waals surface area contributed by atoms with E-state index in [0.29, 0.717) is 26.4 Å².